The summed E-state index contributed by atoms with van der Waals surface area (Å²) in [6.45, 7) is 14.8. The summed E-state index contributed by atoms with van der Waals surface area (Å²) in [6, 6.07) is 21.1. The van der Waals surface area contributed by atoms with E-state index in [1.54, 1.807) is 12.1 Å². The van der Waals surface area contributed by atoms with Crippen LogP contribution in [0, 0.1) is 12.7 Å². The number of fused-ring (bicyclic) bond motifs is 1. The Hall–Kier alpha value is -6.48. The van der Waals surface area contributed by atoms with Crippen molar-refractivity contribution in [1.29, 1.82) is 0 Å². The number of pyridine rings is 1. The molecular weight excluding hydrogens is 778 g/mol. The number of nitrogens with one attached hydrogen (secondary N) is 3. The predicted octanol–water partition coefficient (Wildman–Crippen LogP) is 7.02. The average Bonchev–Trinajstić information content (AvgIpc) is 3.92. The normalized spacial score (nSPS) is 16.8. The van der Waals surface area contributed by atoms with E-state index >= 15 is 0 Å². The molecule has 8 rings (SSSR count). The SMILES string of the molecule is Cc1cc(-c2[nH]nc3ncc(-c4ccc(N5CCN(CCCOc6ccc(C7CCC(=O)NC7=O)c(F)c6)CC5)cc4)cc23)ccc1C(C)NC(=O)c1noc(C(C)(C)C)n1. The minimum Gasteiger partial charge on any atom is -0.493 e. The smallest absolute Gasteiger partial charge is 0.293 e. The molecule has 2 saturated heterocycles. The topological polar surface area (TPSA) is 171 Å². The summed E-state index contributed by atoms with van der Waals surface area (Å²) in [5.41, 5.74) is 7.59. The number of H-pyrrole nitrogens is 1. The number of carbonyl (C=O) groups excluding carboxylic acids is 3. The molecule has 14 nitrogen and oxygen atoms in total. The zero-order chi connectivity index (χ0) is 42.8. The van der Waals surface area contributed by atoms with Crippen molar-refractivity contribution in [2.75, 3.05) is 44.2 Å². The number of halogens is 1. The van der Waals surface area contributed by atoms with Gasteiger partial charge in [0.25, 0.3) is 11.7 Å². The molecule has 3 aromatic carbocycles. The molecule has 2 aliphatic rings. The molecule has 2 aliphatic heterocycles. The maximum absolute atomic E-state index is 14.8. The van der Waals surface area contributed by atoms with Crippen molar-refractivity contribution in [3.05, 3.63) is 107 Å². The first-order valence-corrected chi connectivity index (χ1v) is 20.7. The molecule has 3 aromatic heterocycles. The summed E-state index contributed by atoms with van der Waals surface area (Å²) in [7, 11) is 0. The largest absolute Gasteiger partial charge is 0.493 e. The first-order chi connectivity index (χ1) is 29.3. The Morgan fingerprint density at radius 1 is 1.00 bits per heavy atom. The highest BCUT2D eigenvalue weighted by Crippen LogP contribution is 2.33. The number of hydrogen-bond acceptors (Lipinski definition) is 11. The first-order valence-electron chi connectivity index (χ1n) is 20.7. The highest BCUT2D eigenvalue weighted by molar-refractivity contribution is 6.01. The standard InChI is InChI=1S/C46H50FN9O5/c1-27-23-30(9-13-34(27)28(2)49-44(59)42-51-45(61-54-42)46(3,4)5)40-37-24-31(26-48-41(37)53-52-40)29-7-10-32(11-8-29)56-20-18-55(19-21-56)17-6-22-60-33-12-14-35(38(47)25-33)36-15-16-39(57)50-43(36)58/h7-14,23-26,28,36H,6,15-22H2,1-5H3,(H,49,59)(H,48,52,53)(H,50,57,58). The highest BCUT2D eigenvalue weighted by atomic mass is 19.1. The van der Waals surface area contributed by atoms with Crippen molar-refractivity contribution in [2.24, 2.45) is 0 Å². The number of piperidine rings is 1. The molecule has 2 unspecified atom stereocenters. The van der Waals surface area contributed by atoms with E-state index in [2.05, 4.69) is 82.2 Å². The van der Waals surface area contributed by atoms with E-state index in [1.165, 1.54) is 11.8 Å². The molecule has 0 aliphatic carbocycles. The molecule has 15 heteroatoms. The van der Waals surface area contributed by atoms with Gasteiger partial charge in [0.15, 0.2) is 5.65 Å². The molecule has 316 valence electrons. The van der Waals surface area contributed by atoms with Crippen LogP contribution < -0.4 is 20.3 Å². The maximum atomic E-state index is 14.8. The Bertz CT molecular complexity index is 2570. The zero-order valence-corrected chi connectivity index (χ0v) is 35.0. The molecule has 0 bridgehead atoms. The van der Waals surface area contributed by atoms with Gasteiger partial charge in [0.05, 0.1) is 24.3 Å². The molecule has 3 N–H and O–H groups in total. The van der Waals surface area contributed by atoms with Gasteiger partial charge in [-0.3, -0.25) is 29.7 Å². The van der Waals surface area contributed by atoms with Gasteiger partial charge in [-0.25, -0.2) is 9.37 Å². The Balaban J connectivity index is 0.830. The number of aromatic amines is 1. The predicted molar refractivity (Wildman–Crippen MR) is 229 cm³/mol. The highest BCUT2D eigenvalue weighted by Gasteiger charge is 2.30. The van der Waals surface area contributed by atoms with Crippen molar-refractivity contribution < 1.29 is 28.0 Å². The Morgan fingerprint density at radius 3 is 2.48 bits per heavy atom. The fourth-order valence-corrected chi connectivity index (χ4v) is 8.00. The van der Waals surface area contributed by atoms with Gasteiger partial charge in [-0.15, -0.1) is 0 Å². The minimum absolute atomic E-state index is 0.0130. The molecule has 2 fully saturated rings. The summed E-state index contributed by atoms with van der Waals surface area (Å²) < 4.78 is 26.0. The third kappa shape index (κ3) is 9.16. The summed E-state index contributed by atoms with van der Waals surface area (Å²) in [5, 5.41) is 17.7. The second-order valence-electron chi connectivity index (χ2n) is 16.9. The van der Waals surface area contributed by atoms with Crippen molar-refractivity contribution in [3.8, 4) is 28.1 Å². The van der Waals surface area contributed by atoms with Crippen molar-refractivity contribution >= 4 is 34.4 Å². The second-order valence-corrected chi connectivity index (χ2v) is 16.9. The number of aryl methyl sites for hydroxylation is 1. The van der Waals surface area contributed by atoms with Gasteiger partial charge in [-0.1, -0.05) is 56.3 Å². The number of imide groups is 1. The molecule has 0 spiro atoms. The third-order valence-corrected chi connectivity index (χ3v) is 11.5. The molecular formula is C46H50FN9O5. The summed E-state index contributed by atoms with van der Waals surface area (Å²) in [5.74, 6) is -1.48. The van der Waals surface area contributed by atoms with Gasteiger partial charge >= 0.3 is 0 Å². The number of piperazine rings is 1. The lowest BCUT2D eigenvalue weighted by Gasteiger charge is -2.36. The van der Waals surface area contributed by atoms with Crippen LogP contribution in [0.25, 0.3) is 33.4 Å². The Labute approximate surface area is 353 Å². The molecule has 0 radical (unpaired) electrons. The summed E-state index contributed by atoms with van der Waals surface area (Å²) in [4.78, 5) is 50.3. The number of amides is 3. The van der Waals surface area contributed by atoms with E-state index in [0.717, 1.165) is 78.0 Å². The van der Waals surface area contributed by atoms with Crippen LogP contribution in [0.5, 0.6) is 5.75 Å². The van der Waals surface area contributed by atoms with E-state index in [1.807, 2.05) is 52.9 Å². The number of anilines is 1. The van der Waals surface area contributed by atoms with E-state index in [9.17, 15) is 18.8 Å². The van der Waals surface area contributed by atoms with Crippen LogP contribution in [0.15, 0.2) is 77.4 Å². The summed E-state index contributed by atoms with van der Waals surface area (Å²) in [6.07, 6.45) is 3.16. The number of carbonyl (C=O) groups is 3. The minimum atomic E-state index is -0.664. The van der Waals surface area contributed by atoms with E-state index in [-0.39, 0.29) is 35.2 Å². The molecule has 2 atom stereocenters. The van der Waals surface area contributed by atoms with Gasteiger partial charge in [0, 0.05) is 84.6 Å². The third-order valence-electron chi connectivity index (χ3n) is 11.5. The molecule has 3 amide bonds. The van der Waals surface area contributed by atoms with Crippen molar-refractivity contribution in [2.45, 2.75) is 71.3 Å². The van der Waals surface area contributed by atoms with Crippen LogP contribution in [0.4, 0.5) is 10.1 Å². The lowest BCUT2D eigenvalue weighted by molar-refractivity contribution is -0.134. The lowest BCUT2D eigenvalue weighted by Crippen LogP contribution is -2.46. The number of aromatic nitrogens is 5. The molecule has 6 aromatic rings. The van der Waals surface area contributed by atoms with E-state index in [4.69, 9.17) is 9.26 Å². The Kier molecular flexibility index (Phi) is 11.7. The first kappa shape index (κ1) is 41.3. The number of rotatable bonds is 12. The van der Waals surface area contributed by atoms with Gasteiger partial charge in [0.1, 0.15) is 11.6 Å². The average molecular weight is 828 g/mol. The van der Waals surface area contributed by atoms with Crippen LogP contribution in [0.3, 0.4) is 0 Å². The lowest BCUT2D eigenvalue weighted by atomic mass is 9.90. The monoisotopic (exact) mass is 827 g/mol. The number of nitrogens with zero attached hydrogens (tertiary/aromatic N) is 6. The number of benzene rings is 3. The van der Waals surface area contributed by atoms with Gasteiger partial charge in [-0.05, 0) is 73.7 Å². The fraction of sp³-hybridized carbons (Fsp3) is 0.370. The number of ether oxygens (including phenoxy) is 1. The second kappa shape index (κ2) is 17.2. The van der Waals surface area contributed by atoms with E-state index < -0.39 is 23.5 Å². The van der Waals surface area contributed by atoms with E-state index in [0.29, 0.717) is 30.3 Å². The molecule has 0 saturated carbocycles. The van der Waals surface area contributed by atoms with Gasteiger partial charge in [0.2, 0.25) is 17.7 Å². The van der Waals surface area contributed by atoms with Crippen LogP contribution in [-0.2, 0) is 15.0 Å². The van der Waals surface area contributed by atoms with Crippen molar-refractivity contribution in [3.63, 3.8) is 0 Å². The van der Waals surface area contributed by atoms with Gasteiger partial charge < -0.3 is 19.5 Å². The molecule has 61 heavy (non-hydrogen) atoms. The summed E-state index contributed by atoms with van der Waals surface area (Å²) >= 11 is 0. The molecule has 5 heterocycles. The van der Waals surface area contributed by atoms with Crippen LogP contribution in [0.2, 0.25) is 0 Å². The van der Waals surface area contributed by atoms with Crippen molar-refractivity contribution in [1.82, 2.24) is 40.9 Å². The zero-order valence-electron chi connectivity index (χ0n) is 35.0. The van der Waals surface area contributed by atoms with Crippen LogP contribution >= 0.6 is 0 Å². The Morgan fingerprint density at radius 2 is 1.77 bits per heavy atom. The maximum Gasteiger partial charge on any atom is 0.293 e. The fourth-order valence-electron chi connectivity index (χ4n) is 8.00. The van der Waals surface area contributed by atoms with Crippen LogP contribution in [-0.4, -0.2) is 87.3 Å². The van der Waals surface area contributed by atoms with Crippen LogP contribution in [0.1, 0.15) is 92.1 Å². The quantitative estimate of drug-likeness (QED) is 0.0856. The van der Waals surface area contributed by atoms with Gasteiger partial charge in [-0.2, -0.15) is 10.1 Å². The number of hydrogen-bond donors (Lipinski definition) is 3.